The van der Waals surface area contributed by atoms with Crippen molar-refractivity contribution in [2.75, 3.05) is 31.6 Å². The Morgan fingerprint density at radius 1 is 0.608 bits per heavy atom. The third-order valence-corrected chi connectivity index (χ3v) is 17.0. The normalized spacial score (nSPS) is 14.3. The number of aromatic nitrogens is 6. The molecule has 0 spiro atoms. The maximum atomic E-state index is 12.9. The zero-order valence-electron chi connectivity index (χ0n) is 58.2. The van der Waals surface area contributed by atoms with Crippen LogP contribution in [-0.2, 0) is 44.9 Å². The van der Waals surface area contributed by atoms with Gasteiger partial charge in [0.1, 0.15) is 28.0 Å². The number of rotatable bonds is 5. The van der Waals surface area contributed by atoms with Gasteiger partial charge in [0.15, 0.2) is 0 Å². The van der Waals surface area contributed by atoms with Gasteiger partial charge >= 0.3 is 25.4 Å². The summed E-state index contributed by atoms with van der Waals surface area (Å²) in [6.07, 6.45) is 4.44. The molecule has 1 unspecified atom stereocenters. The smallest absolute Gasteiger partial charge is 0.444 e. The first kappa shape index (κ1) is 75.5. The van der Waals surface area contributed by atoms with E-state index in [1.54, 1.807) is 42.7 Å². The molecule has 24 heteroatoms. The molecule has 0 bridgehead atoms. The summed E-state index contributed by atoms with van der Waals surface area (Å²) in [7, 11) is -1.38. The lowest BCUT2D eigenvalue weighted by Crippen LogP contribution is -2.47. The van der Waals surface area contributed by atoms with Gasteiger partial charge in [-0.05, 0) is 194 Å². The fourth-order valence-electron chi connectivity index (χ4n) is 11.5. The molecule has 0 radical (unpaired) electrons. The predicted molar refractivity (Wildman–Crippen MR) is 389 cm³/mol. The van der Waals surface area contributed by atoms with Crippen LogP contribution in [0.15, 0.2) is 120 Å². The number of likely N-dealkylation sites (tertiary alicyclic amines) is 1. The average molecular weight is 1410 g/mol. The Kier molecular flexibility index (Phi) is 24.9. The first-order chi connectivity index (χ1) is 45.2. The number of hydrogen-bond acceptors (Lipinski definition) is 13. The molecule has 97 heavy (non-hydrogen) atoms. The fourth-order valence-corrected chi connectivity index (χ4v) is 12.1. The average Bonchev–Trinajstić information content (AvgIpc) is 1.62. The molecule has 1 atom stereocenters. The summed E-state index contributed by atoms with van der Waals surface area (Å²) < 4.78 is 21.3. The van der Waals surface area contributed by atoms with Gasteiger partial charge in [-0.3, -0.25) is 15.5 Å². The minimum Gasteiger partial charge on any atom is -0.444 e. The van der Waals surface area contributed by atoms with Gasteiger partial charge in [0.2, 0.25) is 5.78 Å². The number of H-pyrrole nitrogens is 2. The van der Waals surface area contributed by atoms with E-state index in [1.165, 1.54) is 38.3 Å². The van der Waals surface area contributed by atoms with Crippen LogP contribution in [0.5, 0.6) is 0 Å². The molecule has 5 aromatic carbocycles. The summed E-state index contributed by atoms with van der Waals surface area (Å²) in [5.41, 5.74) is 20.3. The minimum absolute atomic E-state index is 0. The van der Waals surface area contributed by atoms with Crippen LogP contribution in [0, 0.1) is 48.1 Å². The van der Waals surface area contributed by atoms with Crippen LogP contribution in [-0.4, -0.2) is 134 Å². The molecular weight excluding hydrogens is 1320 g/mol. The number of fused-ring (bicyclic) bond motifs is 4. The number of benzene rings is 5. The Hall–Kier alpha value is -8.92. The summed E-state index contributed by atoms with van der Waals surface area (Å²) >= 11 is 3.70. The zero-order valence-corrected chi connectivity index (χ0v) is 60.6. The number of hydrogen-bond donors (Lipinski definition) is 6. The highest BCUT2D eigenvalue weighted by atomic mass is 79.9. The van der Waals surface area contributed by atoms with Crippen LogP contribution in [0.3, 0.4) is 0 Å². The Morgan fingerprint density at radius 2 is 1.03 bits per heavy atom. The number of amides is 3. The molecule has 1 saturated heterocycles. The molecule has 514 valence electrons. The van der Waals surface area contributed by atoms with E-state index in [0.717, 1.165) is 83.7 Å². The van der Waals surface area contributed by atoms with E-state index >= 15 is 0 Å². The monoisotopic (exact) mass is 1400 g/mol. The molecule has 12 rings (SSSR count). The van der Waals surface area contributed by atoms with E-state index < -0.39 is 36.1 Å². The van der Waals surface area contributed by atoms with E-state index in [9.17, 15) is 19.2 Å². The van der Waals surface area contributed by atoms with Gasteiger partial charge in [-0.1, -0.05) is 72.8 Å². The fraction of sp³-hybridized carbons (Fsp3) is 0.384. The number of piperidine rings is 1. The number of nitrogen functional groups attached to an aromatic ring is 1. The first-order valence-electron chi connectivity index (χ1n) is 32.1. The number of nitrogens with two attached hydrogens (primary N) is 1. The summed E-state index contributed by atoms with van der Waals surface area (Å²) in [5.74, 6) is 5.21. The molecule has 3 amide bonds. The second-order valence-corrected chi connectivity index (χ2v) is 28.0. The second-order valence-electron chi connectivity index (χ2n) is 27.3. The van der Waals surface area contributed by atoms with Crippen LogP contribution in [0.4, 0.5) is 20.1 Å². The number of hydrazine groups is 1. The second kappa shape index (κ2) is 32.0. The number of halogens is 2. The number of carbonyl (C=O) groups excluding carboxylic acids is 4. The number of para-hydroxylation sites is 3. The van der Waals surface area contributed by atoms with Gasteiger partial charge in [0, 0.05) is 84.4 Å². The highest BCUT2D eigenvalue weighted by molar-refractivity contribution is 9.10. The van der Waals surface area contributed by atoms with Gasteiger partial charge in [0.25, 0.3) is 6.04 Å². The molecule has 1 fully saturated rings. The van der Waals surface area contributed by atoms with Gasteiger partial charge in [0.05, 0.1) is 47.2 Å². The molecule has 3 aliphatic rings. The summed E-state index contributed by atoms with van der Waals surface area (Å²) in [6, 6.07) is 33.6. The molecule has 7 heterocycles. The summed E-state index contributed by atoms with van der Waals surface area (Å²) in [6.45, 7) is 38.7. The van der Waals surface area contributed by atoms with E-state index in [1.807, 2.05) is 103 Å². The van der Waals surface area contributed by atoms with Gasteiger partial charge in [-0.25, -0.2) is 30.3 Å². The number of carbonyl (C=O) groups is 4. The molecule has 9 aromatic rings. The summed E-state index contributed by atoms with van der Waals surface area (Å²) in [5, 5.41) is 29.8. The number of ketones is 1. The van der Waals surface area contributed by atoms with Gasteiger partial charge in [-0.2, -0.15) is 10.2 Å². The van der Waals surface area contributed by atoms with Crippen molar-refractivity contribution in [2.24, 2.45) is 5.84 Å². The van der Waals surface area contributed by atoms with Crippen molar-refractivity contribution in [1.82, 2.24) is 44.2 Å². The van der Waals surface area contributed by atoms with Crippen LogP contribution in [0.2, 0.25) is 0 Å². The highest BCUT2D eigenvalue weighted by Crippen LogP contribution is 2.37. The molecule has 0 saturated carbocycles. The van der Waals surface area contributed by atoms with E-state index in [-0.39, 0.29) is 43.3 Å². The number of anilines is 1. The first-order valence-corrected chi connectivity index (χ1v) is 32.9. The Bertz CT molecular complexity index is 4260. The van der Waals surface area contributed by atoms with Crippen molar-refractivity contribution in [3.05, 3.63) is 187 Å². The van der Waals surface area contributed by atoms with Gasteiger partial charge < -0.3 is 54.3 Å². The maximum absolute atomic E-state index is 12.9. The minimum atomic E-state index is -1.38. The Balaban J connectivity index is 0.000000183. The molecular formula is C73H91BBrClN12O9. The summed E-state index contributed by atoms with van der Waals surface area (Å²) in [4.78, 5) is 62.7. The third-order valence-electron chi connectivity index (χ3n) is 16.1. The molecule has 21 nitrogen and oxygen atoms in total. The quantitative estimate of drug-likeness (QED) is 0.0309. The van der Waals surface area contributed by atoms with E-state index in [2.05, 4.69) is 129 Å². The molecule has 4 aromatic heterocycles. The molecule has 7 N–H and O–H groups in total. The van der Waals surface area contributed by atoms with Crippen LogP contribution in [0.1, 0.15) is 125 Å². The van der Waals surface area contributed by atoms with Crippen molar-refractivity contribution in [3.8, 4) is 22.6 Å². The highest BCUT2D eigenvalue weighted by Gasteiger charge is 2.37. The van der Waals surface area contributed by atoms with Crippen LogP contribution in [0.25, 0.3) is 49.3 Å². The van der Waals surface area contributed by atoms with Crippen molar-refractivity contribution < 1.29 is 43.4 Å². The number of aryl methyl sites for hydroxylation is 6. The molecule has 3 aliphatic heterocycles. The zero-order chi connectivity index (χ0) is 70.1. The maximum Gasteiger partial charge on any atom is 0.488 e. The standard InChI is InChI=1S/C27H30N4O2.C19H24BrN3O2.C11H16N2O3.C8H8BNO2.C8H12N2.ClH/c1-17-7-6-8-18(2)24(17)31-25(20-9-10-22-19(15-20)11-13-28-22)21-16-30(14-12-23(21)29-31)26(32)33-27(3,4)5;1-12-7-6-8-13(2)16(12)23-17(20)14-11-22(10-9-15(14)21-23)18(24)25-19(3,4)5;1-11(2,3)16-10(15)13-6-5-9(14)8(7-13)12-4;11-9(12)7-1-2-8-6(5-7)3-4-10-8;1-6-4-3-5-7(2)8(6)10-9;/h6-11,13,15,28H,12,14,16H2,1-5H3;6-8H,9-11H2,1-5H3;8H,5-7H2,1-3H3;1-5,10-12H;3-5,10H,9H2,1-2H3;1H. The van der Waals surface area contributed by atoms with Crippen molar-refractivity contribution in [1.29, 1.82) is 0 Å². The van der Waals surface area contributed by atoms with Crippen LogP contribution < -0.4 is 16.7 Å². The van der Waals surface area contributed by atoms with E-state index in [4.69, 9.17) is 46.9 Å². The largest absolute Gasteiger partial charge is 0.488 e. The van der Waals surface area contributed by atoms with Gasteiger partial charge in [-0.15, -0.1) is 12.4 Å². The Morgan fingerprint density at radius 3 is 1.49 bits per heavy atom. The lowest BCUT2D eigenvalue weighted by Gasteiger charge is -2.30. The number of ether oxygens (including phenoxy) is 3. The van der Waals surface area contributed by atoms with Crippen molar-refractivity contribution in [3.63, 3.8) is 0 Å². The molecule has 0 aliphatic carbocycles. The van der Waals surface area contributed by atoms with E-state index in [0.29, 0.717) is 44.6 Å². The number of nitrogens with one attached hydrogen (secondary N) is 3. The van der Waals surface area contributed by atoms with Crippen molar-refractivity contribution >= 4 is 92.5 Å². The number of nitrogens with zero attached hydrogens (tertiary/aromatic N) is 8. The SMILES string of the molecule is Cc1cccc(C)c1-n1nc2c(c1-c1ccc3[nH]ccc3c1)CN(C(=O)OC(C)(C)C)CC2.Cc1cccc(C)c1-n1nc2c(c1Br)CN(C(=O)OC(C)(C)C)CC2.Cc1cccc(C)c1NN.Cl.OB(O)c1ccc2[nH]ccc2c1.[C-]#[N+]C1CN(C(=O)OC(C)(C)C)CCC1=O. The Labute approximate surface area is 583 Å². The predicted octanol–water partition coefficient (Wildman–Crippen LogP) is 13.8. The third kappa shape index (κ3) is 19.2. The van der Waals surface area contributed by atoms with Crippen LogP contribution >= 0.6 is 28.3 Å². The topological polar surface area (TPSA) is 256 Å². The number of aromatic amines is 2. The number of Topliss-reactive ketones (excluding diaryl/α,β-unsaturated/α-hetero) is 1. The lowest BCUT2D eigenvalue weighted by molar-refractivity contribution is -0.121. The lowest BCUT2D eigenvalue weighted by atomic mass is 9.80. The van der Waals surface area contributed by atoms with Crippen molar-refractivity contribution in [2.45, 2.75) is 159 Å².